The highest BCUT2D eigenvalue weighted by molar-refractivity contribution is 6.33. The van der Waals surface area contributed by atoms with Crippen molar-refractivity contribution in [3.63, 3.8) is 0 Å². The minimum absolute atomic E-state index is 0.902. The van der Waals surface area contributed by atoms with Crippen LogP contribution in [-0.4, -0.2) is 133 Å². The molecule has 0 spiro atoms. The molecule has 0 fully saturated rings. The smallest absolute Gasteiger partial charge is 0.208 e. The maximum Gasteiger partial charge on any atom is 0.208 e. The summed E-state index contributed by atoms with van der Waals surface area (Å²) in [6.45, 7) is 0. The molecule has 356 valence electrons. The van der Waals surface area contributed by atoms with Gasteiger partial charge in [0.05, 0.1) is 32.8 Å². The molecule has 69 heavy (non-hydrogen) atoms. The molecule has 26 N–H and O–H groups in total. The summed E-state index contributed by atoms with van der Waals surface area (Å²) < 4.78 is 5.32. The molecular formula is C42H26O27. The summed E-state index contributed by atoms with van der Waals surface area (Å²) in [5.41, 5.74) is -11.1. The second-order valence-corrected chi connectivity index (χ2v) is 15.1. The topological polar surface area (TPSA) is 539 Å². The van der Waals surface area contributed by atoms with Gasteiger partial charge in [-0.3, -0.25) is 0 Å². The number of rotatable bonds is 3. The minimum Gasteiger partial charge on any atom is -0.506 e. The first-order valence-corrected chi connectivity index (χ1v) is 18.5. The Balaban J connectivity index is 1.58. The highest BCUT2D eigenvalue weighted by Crippen LogP contribution is 2.70. The van der Waals surface area contributed by atoms with E-state index in [1.807, 2.05) is 0 Å². The third kappa shape index (κ3) is 4.86. The molecule has 0 atom stereocenters. The molecular weight excluding hydrogens is 936 g/mol. The summed E-state index contributed by atoms with van der Waals surface area (Å²) in [7, 11) is 0. The summed E-state index contributed by atoms with van der Waals surface area (Å²) in [4.78, 5) is 0. The lowest BCUT2D eigenvalue weighted by Gasteiger charge is -2.25. The predicted molar refractivity (Wildman–Crippen MR) is 226 cm³/mol. The zero-order chi connectivity index (χ0) is 51.0. The fourth-order valence-corrected chi connectivity index (χ4v) is 8.54. The van der Waals surface area contributed by atoms with Crippen molar-refractivity contribution >= 4 is 54.3 Å². The van der Waals surface area contributed by atoms with Gasteiger partial charge in [0.25, 0.3) is 0 Å². The largest absolute Gasteiger partial charge is 0.506 e. The van der Waals surface area contributed by atoms with E-state index in [1.54, 1.807) is 0 Å². The number of benzene rings is 8. The Morgan fingerprint density at radius 1 is 0.130 bits per heavy atom. The summed E-state index contributed by atoms with van der Waals surface area (Å²) in [5, 5.41) is 279. The first-order valence-electron chi connectivity index (χ1n) is 18.5. The first kappa shape index (κ1) is 43.4. The number of aromatic hydroxyl groups is 26. The van der Waals surface area contributed by atoms with Gasteiger partial charge in [-0.1, -0.05) is 0 Å². The average molecular weight is 963 g/mol. The van der Waals surface area contributed by atoms with Crippen molar-refractivity contribution in [2.75, 3.05) is 0 Å². The van der Waals surface area contributed by atoms with Crippen molar-refractivity contribution in [3.05, 3.63) is 0 Å². The van der Waals surface area contributed by atoms with Gasteiger partial charge in [-0.15, -0.1) is 0 Å². The van der Waals surface area contributed by atoms with Crippen molar-refractivity contribution < 1.29 is 137 Å². The van der Waals surface area contributed by atoms with E-state index in [1.165, 1.54) is 0 Å². The fourth-order valence-electron chi connectivity index (χ4n) is 8.54. The van der Waals surface area contributed by atoms with Crippen molar-refractivity contribution in [1.29, 1.82) is 0 Å². The molecule has 0 saturated carbocycles. The van der Waals surface area contributed by atoms with E-state index in [0.717, 1.165) is 0 Å². The molecule has 0 saturated heterocycles. The third-order valence-corrected chi connectivity index (χ3v) is 11.7. The Bertz CT molecular complexity index is 3870. The van der Waals surface area contributed by atoms with Crippen molar-refractivity contribution in [3.8, 4) is 183 Å². The molecule has 0 amide bonds. The first-order chi connectivity index (χ1) is 32.2. The summed E-state index contributed by atoms with van der Waals surface area (Å²) in [5.74, 6) is -43.5. The van der Waals surface area contributed by atoms with Gasteiger partial charge in [0.2, 0.25) is 63.2 Å². The van der Waals surface area contributed by atoms with Gasteiger partial charge in [0.15, 0.2) is 91.7 Å². The zero-order valence-corrected chi connectivity index (χ0v) is 33.0. The van der Waals surface area contributed by atoms with Crippen LogP contribution in [0.2, 0.25) is 0 Å². The summed E-state index contributed by atoms with van der Waals surface area (Å²) in [6, 6.07) is 0. The van der Waals surface area contributed by atoms with Gasteiger partial charge in [-0.25, -0.2) is 0 Å². The third-order valence-electron chi connectivity index (χ3n) is 11.7. The number of furan rings is 1. The van der Waals surface area contributed by atoms with E-state index < -0.39 is 237 Å². The van der Waals surface area contributed by atoms with Crippen LogP contribution in [0, 0.1) is 0 Å². The van der Waals surface area contributed by atoms with E-state index in [4.69, 9.17) is 4.42 Å². The Kier molecular flexibility index (Phi) is 8.40. The highest BCUT2D eigenvalue weighted by atomic mass is 16.4. The molecule has 9 rings (SSSR count). The minimum atomic E-state index is -1.86. The molecule has 1 heterocycles. The summed E-state index contributed by atoms with van der Waals surface area (Å²) >= 11 is 0. The Morgan fingerprint density at radius 2 is 0.333 bits per heavy atom. The van der Waals surface area contributed by atoms with Crippen LogP contribution in [0.25, 0.3) is 87.6 Å². The highest BCUT2D eigenvalue weighted by Gasteiger charge is 2.41. The maximum atomic E-state index is 12.2. The Morgan fingerprint density at radius 3 is 0.725 bits per heavy atom. The molecule has 0 aliphatic heterocycles. The van der Waals surface area contributed by atoms with Gasteiger partial charge in [-0.05, 0) is 0 Å². The monoisotopic (exact) mass is 962 g/mol. The zero-order valence-electron chi connectivity index (χ0n) is 33.0. The number of phenols is 26. The van der Waals surface area contributed by atoms with E-state index in [9.17, 15) is 133 Å². The van der Waals surface area contributed by atoms with Crippen LogP contribution in [0.5, 0.6) is 149 Å². The maximum absolute atomic E-state index is 12.2. The molecule has 27 nitrogen and oxygen atoms in total. The van der Waals surface area contributed by atoms with Crippen LogP contribution in [0.1, 0.15) is 0 Å². The summed E-state index contributed by atoms with van der Waals surface area (Å²) in [6.07, 6.45) is 0. The quantitative estimate of drug-likeness (QED) is 0.0663. The van der Waals surface area contributed by atoms with Gasteiger partial charge in [-0.2, -0.15) is 0 Å². The molecule has 8 aromatic carbocycles. The van der Waals surface area contributed by atoms with Crippen molar-refractivity contribution in [2.24, 2.45) is 0 Å². The molecule has 9 aromatic rings. The van der Waals surface area contributed by atoms with Crippen molar-refractivity contribution in [2.45, 2.75) is 0 Å². The second kappa shape index (κ2) is 13.4. The number of fused-ring (bicyclic) bond motifs is 6. The Labute approximate surface area is 373 Å². The standard InChI is InChI=1S/C42H26O27/c43-15-9(23(51)31(59)26(54)11(15)12-22(50)27(55)13-14-28(56)38(66)39(67)40(68)42(14)69-41(13)29(12)57)2-6-3(17(45)32(60)34(62)19(6)47)1(4-7(2)20(48)35(63)33(61)18(4)46)5-8-10(24(52)30(58)16(5)44)25(53)37(65)36(64)21(8)49/h43-68H. The molecule has 0 aliphatic rings. The van der Waals surface area contributed by atoms with Crippen LogP contribution in [-0.2, 0) is 0 Å². The van der Waals surface area contributed by atoms with Crippen LogP contribution < -0.4 is 0 Å². The van der Waals surface area contributed by atoms with E-state index >= 15 is 0 Å². The predicted octanol–water partition coefficient (Wildman–Crippen LogP) is 4.39. The number of phenolic OH excluding ortho intramolecular Hbond substituents is 26. The van der Waals surface area contributed by atoms with Gasteiger partial charge in [0.1, 0.15) is 5.75 Å². The van der Waals surface area contributed by atoms with Gasteiger partial charge >= 0.3 is 0 Å². The number of hydrogen-bond acceptors (Lipinski definition) is 27. The van der Waals surface area contributed by atoms with Crippen molar-refractivity contribution in [1.82, 2.24) is 0 Å². The lowest BCUT2D eigenvalue weighted by molar-refractivity contribution is 0.347. The van der Waals surface area contributed by atoms with Gasteiger partial charge in [0, 0.05) is 43.6 Å². The molecule has 27 heteroatoms. The van der Waals surface area contributed by atoms with Crippen LogP contribution in [0.4, 0.5) is 0 Å². The molecule has 0 aliphatic carbocycles. The lowest BCUT2D eigenvalue weighted by Crippen LogP contribution is -1.97. The van der Waals surface area contributed by atoms with Gasteiger partial charge < -0.3 is 137 Å². The Hall–Kier alpha value is -10.9. The average Bonchev–Trinajstić information content (AvgIpc) is 3.73. The van der Waals surface area contributed by atoms with Crippen LogP contribution >= 0.6 is 0 Å². The SMILES string of the molecule is Oc1c(O)c(-c2c(O)c(O)c3c(oc4c(O)c(O)c(O)c(O)c43)c2O)c(O)c(-c2c3c(O)c(O)c(O)c(O)c3c(-c3c(O)c(O)c(O)c4c(O)c(O)c(O)c(O)c34)c3c(O)c(O)c(O)c(O)c23)c1O. The molecule has 1 aromatic heterocycles. The molecule has 0 radical (unpaired) electrons. The molecule has 0 unspecified atom stereocenters. The van der Waals surface area contributed by atoms with Crippen LogP contribution in [0.15, 0.2) is 4.42 Å². The van der Waals surface area contributed by atoms with E-state index in [0.29, 0.717) is 0 Å². The lowest BCUT2D eigenvalue weighted by atomic mass is 9.80. The normalized spacial score (nSPS) is 11.8. The van der Waals surface area contributed by atoms with E-state index in [2.05, 4.69) is 0 Å². The van der Waals surface area contributed by atoms with Crippen LogP contribution in [0.3, 0.4) is 0 Å². The number of hydrogen-bond donors (Lipinski definition) is 26. The second-order valence-electron chi connectivity index (χ2n) is 15.1. The molecule has 0 bridgehead atoms. The fraction of sp³-hybridized carbons (Fsp3) is 0. The van der Waals surface area contributed by atoms with E-state index in [-0.39, 0.29) is 0 Å².